The van der Waals surface area contributed by atoms with Gasteiger partial charge in [0.25, 0.3) is 0 Å². The largest absolute Gasteiger partial charge is 2.00 e. The third kappa shape index (κ3) is 5.67. The molecule has 0 unspecified atom stereocenters. The molecule has 0 N–H and O–H groups in total. The van der Waals surface area contributed by atoms with E-state index in [9.17, 15) is 0 Å². The van der Waals surface area contributed by atoms with Crippen molar-refractivity contribution in [2.45, 2.75) is 27.7 Å². The second-order valence-corrected chi connectivity index (χ2v) is 11.7. The van der Waals surface area contributed by atoms with Gasteiger partial charge in [-0.3, -0.25) is 4.68 Å². The van der Waals surface area contributed by atoms with Crippen LogP contribution in [-0.4, -0.2) is 33.4 Å². The van der Waals surface area contributed by atoms with Gasteiger partial charge < -0.3 is 14.2 Å². The Morgan fingerprint density at radius 1 is 0.778 bits per heavy atom. The van der Waals surface area contributed by atoms with E-state index in [4.69, 9.17) is 9.84 Å². The Labute approximate surface area is 278 Å². The molecule has 226 valence electrons. The van der Waals surface area contributed by atoms with E-state index in [0.717, 1.165) is 50.0 Å². The maximum atomic E-state index is 6.41. The molecule has 0 saturated carbocycles. The SMILES string of the molecule is Cc1cc(Oc2[c-]c3c(cc2)c2ccccc2n3-c2cc(C)ccn2)[c-]c(-n2cc(-c3c(C)cc(N(C)C)cc3C)cn2)c1.[Pt+2]. The molecule has 4 aromatic carbocycles. The Kier molecular flexibility index (Phi) is 8.11. The van der Waals surface area contributed by atoms with E-state index >= 15 is 0 Å². The zero-order chi connectivity index (χ0) is 30.5. The van der Waals surface area contributed by atoms with Crippen LogP contribution in [-0.2, 0) is 21.1 Å². The van der Waals surface area contributed by atoms with Crippen LogP contribution in [0.15, 0.2) is 91.4 Å². The van der Waals surface area contributed by atoms with Crippen molar-refractivity contribution in [2.75, 3.05) is 19.0 Å². The number of anilines is 1. The maximum absolute atomic E-state index is 6.41. The number of hydrogen-bond donors (Lipinski definition) is 0. The minimum Gasteiger partial charge on any atom is -0.509 e. The summed E-state index contributed by atoms with van der Waals surface area (Å²) in [6.07, 6.45) is 5.82. The molecule has 0 amide bonds. The van der Waals surface area contributed by atoms with Gasteiger partial charge in [-0.25, -0.2) is 4.98 Å². The van der Waals surface area contributed by atoms with Gasteiger partial charge in [0.2, 0.25) is 0 Å². The number of rotatable bonds is 6. The van der Waals surface area contributed by atoms with E-state index in [2.05, 4.69) is 129 Å². The second-order valence-electron chi connectivity index (χ2n) is 11.7. The Hall–Kier alpha value is -4.67. The van der Waals surface area contributed by atoms with Gasteiger partial charge in [-0.15, -0.1) is 35.7 Å². The summed E-state index contributed by atoms with van der Waals surface area (Å²) in [6, 6.07) is 32.0. The van der Waals surface area contributed by atoms with Crippen molar-refractivity contribution >= 4 is 27.5 Å². The summed E-state index contributed by atoms with van der Waals surface area (Å²) in [6.45, 7) is 8.43. The molecule has 45 heavy (non-hydrogen) atoms. The summed E-state index contributed by atoms with van der Waals surface area (Å²) in [5.74, 6) is 2.06. The summed E-state index contributed by atoms with van der Waals surface area (Å²) >= 11 is 0. The summed E-state index contributed by atoms with van der Waals surface area (Å²) in [7, 11) is 4.13. The molecule has 0 atom stereocenters. The van der Waals surface area contributed by atoms with E-state index in [0.29, 0.717) is 11.5 Å². The molecule has 0 saturated heterocycles. The van der Waals surface area contributed by atoms with Crippen LogP contribution in [0.3, 0.4) is 0 Å². The van der Waals surface area contributed by atoms with E-state index < -0.39 is 0 Å². The molecule has 3 aromatic heterocycles. The number of hydrogen-bond acceptors (Lipinski definition) is 4. The Morgan fingerprint density at radius 2 is 1.56 bits per heavy atom. The summed E-state index contributed by atoms with van der Waals surface area (Å²) in [4.78, 5) is 6.81. The molecule has 0 aliphatic carbocycles. The molecule has 0 aliphatic rings. The van der Waals surface area contributed by atoms with Crippen molar-refractivity contribution in [3.8, 4) is 34.1 Å². The van der Waals surface area contributed by atoms with Gasteiger partial charge in [0.1, 0.15) is 5.82 Å². The molecule has 0 spiro atoms. The first-order valence-electron chi connectivity index (χ1n) is 14.7. The van der Waals surface area contributed by atoms with Crippen LogP contribution in [0, 0.1) is 39.8 Å². The predicted molar refractivity (Wildman–Crippen MR) is 179 cm³/mol. The van der Waals surface area contributed by atoms with Crippen molar-refractivity contribution in [2.24, 2.45) is 0 Å². The fraction of sp³-hybridized carbons (Fsp3) is 0.158. The summed E-state index contributed by atoms with van der Waals surface area (Å²) in [5, 5.41) is 6.95. The smallest absolute Gasteiger partial charge is 0.509 e. The number of fused-ring (bicyclic) bond motifs is 3. The van der Waals surface area contributed by atoms with Gasteiger partial charge >= 0.3 is 21.1 Å². The van der Waals surface area contributed by atoms with Crippen molar-refractivity contribution in [3.63, 3.8) is 0 Å². The molecule has 0 fully saturated rings. The van der Waals surface area contributed by atoms with Crippen LogP contribution < -0.4 is 9.64 Å². The van der Waals surface area contributed by atoms with Crippen LogP contribution in [0.25, 0.3) is 44.4 Å². The van der Waals surface area contributed by atoms with Gasteiger partial charge in [-0.05, 0) is 84.4 Å². The third-order valence-corrected chi connectivity index (χ3v) is 8.03. The number of aryl methyl sites for hydroxylation is 4. The van der Waals surface area contributed by atoms with E-state index in [1.54, 1.807) is 0 Å². The average Bonchev–Trinajstić information content (AvgIpc) is 3.59. The summed E-state index contributed by atoms with van der Waals surface area (Å²) in [5.41, 5.74) is 10.9. The minimum absolute atomic E-state index is 0. The van der Waals surface area contributed by atoms with Crippen LogP contribution in [0.1, 0.15) is 22.3 Å². The molecule has 7 rings (SSSR count). The fourth-order valence-electron chi connectivity index (χ4n) is 6.01. The number of pyridine rings is 1. The van der Waals surface area contributed by atoms with Crippen molar-refractivity contribution in [1.82, 2.24) is 19.3 Å². The molecule has 0 radical (unpaired) electrons. The van der Waals surface area contributed by atoms with Crippen molar-refractivity contribution < 1.29 is 25.8 Å². The molecule has 6 nitrogen and oxygen atoms in total. The average molecular weight is 771 g/mol. The minimum atomic E-state index is 0. The maximum Gasteiger partial charge on any atom is 2.00 e. The monoisotopic (exact) mass is 770 g/mol. The Balaban J connectivity index is 0.00000357. The Bertz CT molecular complexity index is 2170. The van der Waals surface area contributed by atoms with Crippen LogP contribution >= 0.6 is 0 Å². The number of ether oxygens (including phenoxy) is 1. The van der Waals surface area contributed by atoms with Gasteiger partial charge in [-0.2, -0.15) is 16.7 Å². The van der Waals surface area contributed by atoms with Crippen molar-refractivity contribution in [1.29, 1.82) is 0 Å². The van der Waals surface area contributed by atoms with E-state index in [1.807, 2.05) is 35.3 Å². The molecular weight excluding hydrogens is 738 g/mol. The Morgan fingerprint density at radius 3 is 2.31 bits per heavy atom. The topological polar surface area (TPSA) is 48.1 Å². The predicted octanol–water partition coefficient (Wildman–Crippen LogP) is 8.72. The van der Waals surface area contributed by atoms with E-state index in [-0.39, 0.29) is 21.1 Å². The molecule has 7 heteroatoms. The molecule has 3 heterocycles. The first-order chi connectivity index (χ1) is 21.2. The van der Waals surface area contributed by atoms with Crippen LogP contribution in [0.4, 0.5) is 5.69 Å². The van der Waals surface area contributed by atoms with Crippen LogP contribution in [0.5, 0.6) is 11.5 Å². The number of aromatic nitrogens is 4. The van der Waals surface area contributed by atoms with Gasteiger partial charge in [0, 0.05) is 54.8 Å². The fourth-order valence-corrected chi connectivity index (χ4v) is 6.01. The first-order valence-corrected chi connectivity index (χ1v) is 14.7. The molecule has 0 aliphatic heterocycles. The van der Waals surface area contributed by atoms with Crippen LogP contribution in [0.2, 0.25) is 0 Å². The number of benzene rings is 4. The zero-order valence-electron chi connectivity index (χ0n) is 26.1. The van der Waals surface area contributed by atoms with Gasteiger partial charge in [0.15, 0.2) is 0 Å². The standard InChI is InChI=1S/C38H33N5O.Pt/c1-24-13-14-39-37(17-24)43-35-10-8-7-9-33(35)34-12-11-31(21-36(34)43)44-32-16-25(2)15-30(20-32)42-23-28(22-40-42)38-26(3)18-29(41(5)6)19-27(38)4;/h7-19,22-23H,1-6H3;/q-2;+2. The molecule has 7 aromatic rings. The van der Waals surface area contributed by atoms with Crippen molar-refractivity contribution in [3.05, 3.63) is 126 Å². The third-order valence-electron chi connectivity index (χ3n) is 8.03. The van der Waals surface area contributed by atoms with Gasteiger partial charge in [-0.1, -0.05) is 30.6 Å². The first kappa shape index (κ1) is 30.4. The quantitative estimate of drug-likeness (QED) is 0.159. The number of nitrogens with zero attached hydrogens (tertiary/aromatic N) is 5. The summed E-state index contributed by atoms with van der Waals surface area (Å²) < 4.78 is 10.4. The zero-order valence-corrected chi connectivity index (χ0v) is 28.4. The van der Waals surface area contributed by atoms with Gasteiger partial charge in [0.05, 0.1) is 6.20 Å². The molecule has 0 bridgehead atoms. The normalized spacial score (nSPS) is 11.2. The number of para-hydroxylation sites is 1. The van der Waals surface area contributed by atoms with E-state index in [1.165, 1.54) is 22.4 Å². The molecular formula is C38H33N5OPt. The second kappa shape index (κ2) is 12.0.